The van der Waals surface area contributed by atoms with Gasteiger partial charge >= 0.3 is 0 Å². The fraction of sp³-hybridized carbons (Fsp3) is 0.500. The highest BCUT2D eigenvalue weighted by Gasteiger charge is 2.19. The normalized spacial score (nSPS) is 13.7. The first-order valence-electron chi connectivity index (χ1n) is 7.07. The molecule has 0 fully saturated rings. The SMILES string of the molecule is CC/C(=C\C(CNC(=O)c1sc(C)nc1C)=N/O)C(C)[N+](=O)[O-]. The van der Waals surface area contributed by atoms with E-state index >= 15 is 0 Å². The number of amides is 1. The van der Waals surface area contributed by atoms with Crippen molar-refractivity contribution in [1.82, 2.24) is 10.3 Å². The Kier molecular flexibility index (Phi) is 6.83. The summed E-state index contributed by atoms with van der Waals surface area (Å²) in [6.45, 7) is 6.77. The van der Waals surface area contributed by atoms with Gasteiger partial charge in [-0.3, -0.25) is 14.9 Å². The van der Waals surface area contributed by atoms with E-state index in [0.29, 0.717) is 22.6 Å². The molecule has 8 nitrogen and oxygen atoms in total. The second-order valence-corrected chi connectivity index (χ2v) is 6.16. The van der Waals surface area contributed by atoms with Crippen molar-refractivity contribution >= 4 is 23.0 Å². The molecule has 0 aromatic carbocycles. The topological polar surface area (TPSA) is 118 Å². The highest BCUT2D eigenvalue weighted by atomic mass is 32.1. The van der Waals surface area contributed by atoms with E-state index in [1.54, 1.807) is 13.8 Å². The molecule has 0 aliphatic heterocycles. The largest absolute Gasteiger partial charge is 0.411 e. The molecule has 0 bridgehead atoms. The van der Waals surface area contributed by atoms with Gasteiger partial charge in [0.1, 0.15) is 4.88 Å². The summed E-state index contributed by atoms with van der Waals surface area (Å²) in [5.41, 5.74) is 1.31. The number of thiazole rings is 1. The van der Waals surface area contributed by atoms with Crippen LogP contribution in [0.1, 0.15) is 40.6 Å². The van der Waals surface area contributed by atoms with Gasteiger partial charge in [-0.2, -0.15) is 0 Å². The highest BCUT2D eigenvalue weighted by molar-refractivity contribution is 7.13. The molecular weight excluding hydrogens is 320 g/mol. The van der Waals surface area contributed by atoms with Gasteiger partial charge in [0.2, 0.25) is 6.04 Å². The Hall–Kier alpha value is -2.29. The third-order valence-electron chi connectivity index (χ3n) is 3.28. The van der Waals surface area contributed by atoms with Crippen molar-refractivity contribution in [2.75, 3.05) is 6.54 Å². The molecule has 0 aliphatic carbocycles. The monoisotopic (exact) mass is 340 g/mol. The van der Waals surface area contributed by atoms with Gasteiger partial charge in [-0.05, 0) is 26.3 Å². The summed E-state index contributed by atoms with van der Waals surface area (Å²) in [5.74, 6) is -0.317. The Morgan fingerprint density at radius 2 is 2.22 bits per heavy atom. The fourth-order valence-electron chi connectivity index (χ4n) is 1.98. The molecule has 0 saturated heterocycles. The summed E-state index contributed by atoms with van der Waals surface area (Å²) < 4.78 is 0. The number of carbonyl (C=O) groups is 1. The second kappa shape index (κ2) is 8.37. The standard InChI is InChI=1S/C14H20N4O4S/c1-5-11(9(3)18(21)22)6-12(17-20)7-15-14(19)13-8(2)16-10(4)23-13/h6,9,20H,5,7H2,1-4H3,(H,15,19)/b11-6+,17-12+. The Balaban J connectivity index is 2.79. The van der Waals surface area contributed by atoms with E-state index in [0.717, 1.165) is 5.01 Å². The van der Waals surface area contributed by atoms with Crippen molar-refractivity contribution in [3.63, 3.8) is 0 Å². The number of carbonyl (C=O) groups excluding carboxylic acids is 1. The number of nitrogens with one attached hydrogen (secondary N) is 1. The molecule has 1 aromatic heterocycles. The van der Waals surface area contributed by atoms with E-state index in [1.807, 2.05) is 6.92 Å². The van der Waals surface area contributed by atoms with Crippen molar-refractivity contribution in [2.24, 2.45) is 5.16 Å². The molecule has 2 N–H and O–H groups in total. The number of hydrogen-bond acceptors (Lipinski definition) is 7. The molecule has 0 aliphatic rings. The maximum Gasteiger partial charge on any atom is 0.263 e. The van der Waals surface area contributed by atoms with Gasteiger partial charge in [0.05, 0.1) is 23.0 Å². The van der Waals surface area contributed by atoms with Crippen molar-refractivity contribution in [3.05, 3.63) is 37.3 Å². The van der Waals surface area contributed by atoms with Crippen LogP contribution in [0.15, 0.2) is 16.8 Å². The molecule has 1 amide bonds. The summed E-state index contributed by atoms with van der Waals surface area (Å²) in [5, 5.41) is 26.4. The number of nitro groups is 1. The molecule has 23 heavy (non-hydrogen) atoms. The van der Waals surface area contributed by atoms with Crippen molar-refractivity contribution < 1.29 is 14.9 Å². The second-order valence-electron chi connectivity index (χ2n) is 4.96. The average Bonchev–Trinajstić information content (AvgIpc) is 2.85. The van der Waals surface area contributed by atoms with Gasteiger partial charge in [0, 0.05) is 17.4 Å². The molecule has 126 valence electrons. The van der Waals surface area contributed by atoms with E-state index in [4.69, 9.17) is 5.21 Å². The molecule has 0 saturated carbocycles. The molecule has 9 heteroatoms. The van der Waals surface area contributed by atoms with Crippen LogP contribution in [0.3, 0.4) is 0 Å². The van der Waals surface area contributed by atoms with Gasteiger partial charge in [-0.1, -0.05) is 12.1 Å². The van der Waals surface area contributed by atoms with E-state index in [9.17, 15) is 14.9 Å². The number of nitrogens with zero attached hydrogens (tertiary/aromatic N) is 3. The third-order valence-corrected chi connectivity index (χ3v) is 4.35. The van der Waals surface area contributed by atoms with Crippen molar-refractivity contribution in [3.8, 4) is 0 Å². The Labute approximate surface area is 138 Å². The average molecular weight is 340 g/mol. The number of rotatable bonds is 7. The Morgan fingerprint density at radius 1 is 1.57 bits per heavy atom. The van der Waals surface area contributed by atoms with Gasteiger partial charge < -0.3 is 10.5 Å². The summed E-state index contributed by atoms with van der Waals surface area (Å²) in [7, 11) is 0. The summed E-state index contributed by atoms with van der Waals surface area (Å²) >= 11 is 1.28. The van der Waals surface area contributed by atoms with Crippen LogP contribution < -0.4 is 5.32 Å². The van der Waals surface area contributed by atoms with Gasteiger partial charge in [-0.15, -0.1) is 11.3 Å². The lowest BCUT2D eigenvalue weighted by molar-refractivity contribution is -0.507. The molecule has 0 radical (unpaired) electrons. The first kappa shape index (κ1) is 18.8. The fourth-order valence-corrected chi connectivity index (χ4v) is 2.81. The zero-order valence-corrected chi connectivity index (χ0v) is 14.3. The lowest BCUT2D eigenvalue weighted by Crippen LogP contribution is -2.29. The summed E-state index contributed by atoms with van der Waals surface area (Å²) in [6.07, 6.45) is 1.89. The quantitative estimate of drug-likeness (QED) is 0.342. The van der Waals surface area contributed by atoms with Gasteiger partial charge in [-0.25, -0.2) is 4.98 Å². The minimum Gasteiger partial charge on any atom is -0.411 e. The molecule has 1 unspecified atom stereocenters. The third kappa shape index (κ3) is 5.13. The van der Waals surface area contributed by atoms with Crippen LogP contribution in [0.4, 0.5) is 0 Å². The highest BCUT2D eigenvalue weighted by Crippen LogP contribution is 2.16. The lowest BCUT2D eigenvalue weighted by atomic mass is 10.0. The minimum atomic E-state index is -0.876. The van der Waals surface area contributed by atoms with Crippen LogP contribution in [-0.2, 0) is 0 Å². The van der Waals surface area contributed by atoms with E-state index in [1.165, 1.54) is 24.3 Å². The first-order chi connectivity index (χ1) is 10.8. The van der Waals surface area contributed by atoms with E-state index in [2.05, 4.69) is 15.5 Å². The number of aromatic nitrogens is 1. The predicted octanol–water partition coefficient (Wildman–Crippen LogP) is 2.32. The minimum absolute atomic E-state index is 0.0281. The lowest BCUT2D eigenvalue weighted by Gasteiger charge is -2.08. The zero-order valence-electron chi connectivity index (χ0n) is 13.5. The number of oxime groups is 1. The number of hydrogen-bond donors (Lipinski definition) is 2. The zero-order chi connectivity index (χ0) is 17.6. The summed E-state index contributed by atoms with van der Waals surface area (Å²) in [4.78, 5) is 27.2. The smallest absolute Gasteiger partial charge is 0.263 e. The van der Waals surface area contributed by atoms with Crippen LogP contribution in [0.5, 0.6) is 0 Å². The van der Waals surface area contributed by atoms with Crippen molar-refractivity contribution in [2.45, 2.75) is 40.2 Å². The van der Waals surface area contributed by atoms with Crippen LogP contribution in [-0.4, -0.2) is 39.3 Å². The molecular formula is C14H20N4O4S. The van der Waals surface area contributed by atoms with Crippen molar-refractivity contribution in [1.29, 1.82) is 0 Å². The molecule has 0 spiro atoms. The molecule has 1 aromatic rings. The molecule has 1 heterocycles. The molecule has 1 rings (SSSR count). The first-order valence-corrected chi connectivity index (χ1v) is 7.88. The predicted molar refractivity (Wildman–Crippen MR) is 88.0 cm³/mol. The maximum absolute atomic E-state index is 12.1. The Morgan fingerprint density at radius 3 is 2.65 bits per heavy atom. The van der Waals surface area contributed by atoms with Crippen LogP contribution in [0.2, 0.25) is 0 Å². The van der Waals surface area contributed by atoms with Crippen LogP contribution >= 0.6 is 11.3 Å². The number of aryl methyl sites for hydroxylation is 2. The molecule has 1 atom stereocenters. The maximum atomic E-state index is 12.1. The summed E-state index contributed by atoms with van der Waals surface area (Å²) in [6, 6.07) is -0.876. The van der Waals surface area contributed by atoms with E-state index < -0.39 is 11.0 Å². The van der Waals surface area contributed by atoms with Gasteiger partial charge in [0.15, 0.2) is 0 Å². The Bertz CT molecular complexity index is 651. The van der Waals surface area contributed by atoms with Crippen LogP contribution in [0, 0.1) is 24.0 Å². The van der Waals surface area contributed by atoms with E-state index in [-0.39, 0.29) is 18.2 Å². The van der Waals surface area contributed by atoms with Gasteiger partial charge in [0.25, 0.3) is 5.91 Å². The van der Waals surface area contributed by atoms with Crippen LogP contribution in [0.25, 0.3) is 0 Å².